The van der Waals surface area contributed by atoms with Crippen LogP contribution in [0.15, 0.2) is 95.0 Å². The Kier molecular flexibility index (Phi) is 8.92. The number of hydrogen-bond acceptors (Lipinski definition) is 4. The Bertz CT molecular complexity index is 1550. The molecule has 1 radical (unpaired) electrons. The number of benzene rings is 3. The maximum absolute atomic E-state index is 5.80. The molecule has 6 heteroatoms. The molecule has 0 amide bonds. The fraction of sp³-hybridized carbons (Fsp3) is 0.161. The molecule has 4 nitrogen and oxygen atoms in total. The Morgan fingerprint density at radius 1 is 0.811 bits per heavy atom. The molecular formula is C31H25IN2O2Pd-. The Hall–Kier alpha value is -2.43. The molecule has 0 unspecified atom stereocenters. The smallest absolute Gasteiger partial charge is 0.184 e. The van der Waals surface area contributed by atoms with Gasteiger partial charge in [0.05, 0.1) is 18.6 Å². The van der Waals surface area contributed by atoms with Gasteiger partial charge in [-0.3, -0.25) is 0 Å². The minimum atomic E-state index is -0.396. The first-order chi connectivity index (χ1) is 17.2. The summed E-state index contributed by atoms with van der Waals surface area (Å²) in [7, 11) is 0. The third kappa shape index (κ3) is 5.56. The van der Waals surface area contributed by atoms with Crippen LogP contribution in [-0.2, 0) is 29.9 Å². The molecule has 2 aliphatic heterocycles. The first-order valence-electron chi connectivity index (χ1n) is 11.9. The molecule has 37 heavy (non-hydrogen) atoms. The van der Waals surface area contributed by atoms with E-state index in [4.69, 9.17) is 19.5 Å². The molecule has 0 N–H and O–H groups in total. The van der Waals surface area contributed by atoms with Crippen molar-refractivity contribution in [3.8, 4) is 11.1 Å². The molecule has 2 heterocycles. The number of ether oxygens (including phenoxy) is 2. The van der Waals surface area contributed by atoms with E-state index in [0.29, 0.717) is 18.9 Å². The average molecular weight is 691 g/mol. The van der Waals surface area contributed by atoms with Gasteiger partial charge >= 0.3 is 0 Å². The molecule has 3 aromatic carbocycles. The molecule has 0 spiro atoms. The van der Waals surface area contributed by atoms with E-state index in [1.54, 1.807) is 0 Å². The van der Waals surface area contributed by atoms with Crippen molar-refractivity contribution < 1.29 is 53.9 Å². The standard InChI is InChI=1S/C31H25N2O2.HI.Pd/c1-20-7-11-22(12-8-20)24-15-16-25(23-13-9-21(2)10-14-23)30-29(24)32-19-28(33-30)26-5-3-4-6-27(26)31-34-17-18-35-31;;/h3-16,31H,17-18H2,1-2H3;1H;/p-1. The summed E-state index contributed by atoms with van der Waals surface area (Å²) in [6, 6.07) is 20.8. The maximum atomic E-state index is 5.80. The van der Waals surface area contributed by atoms with Crippen molar-refractivity contribution in [1.82, 2.24) is 0 Å². The predicted octanol–water partition coefficient (Wildman–Crippen LogP) is 2.56. The number of nitrogens with zero attached hydrogens (tertiary/aromatic N) is 2. The van der Waals surface area contributed by atoms with E-state index in [1.807, 2.05) is 24.3 Å². The summed E-state index contributed by atoms with van der Waals surface area (Å²) in [6.07, 6.45) is 8.14. The molecule has 0 saturated carbocycles. The first-order valence-corrected chi connectivity index (χ1v) is 11.9. The van der Waals surface area contributed by atoms with E-state index in [-0.39, 0.29) is 44.4 Å². The number of halogens is 1. The first kappa shape index (κ1) is 27.6. The van der Waals surface area contributed by atoms with Crippen LogP contribution in [0.3, 0.4) is 0 Å². The van der Waals surface area contributed by atoms with Crippen molar-refractivity contribution in [1.29, 1.82) is 0 Å². The largest absolute Gasteiger partial charge is 1.00 e. The van der Waals surface area contributed by atoms with Gasteiger partial charge in [0.25, 0.3) is 0 Å². The van der Waals surface area contributed by atoms with E-state index < -0.39 is 6.29 Å². The zero-order chi connectivity index (χ0) is 23.8. The molecule has 0 aromatic heterocycles. The predicted molar refractivity (Wildman–Crippen MR) is 140 cm³/mol. The monoisotopic (exact) mass is 690 g/mol. The number of allylic oxidation sites excluding steroid dienone is 4. The summed E-state index contributed by atoms with van der Waals surface area (Å²) in [5, 5.41) is 1.90. The molecule has 1 fully saturated rings. The molecule has 189 valence electrons. The number of rotatable bonds is 3. The van der Waals surface area contributed by atoms with Crippen molar-refractivity contribution in [2.75, 3.05) is 13.2 Å². The Morgan fingerprint density at radius 3 is 2.24 bits per heavy atom. The summed E-state index contributed by atoms with van der Waals surface area (Å²) in [5.74, 6) is 4.45. The van der Waals surface area contributed by atoms with Gasteiger partial charge in [0.15, 0.2) is 6.29 Å². The number of aliphatic imine (C=N–C) groups is 1. The van der Waals surface area contributed by atoms with Crippen LogP contribution in [0.4, 0.5) is 5.69 Å². The second-order valence-electron chi connectivity index (χ2n) is 8.93. The van der Waals surface area contributed by atoms with Gasteiger partial charge in [0.2, 0.25) is 0 Å². The van der Waals surface area contributed by atoms with Crippen molar-refractivity contribution >= 4 is 22.8 Å². The van der Waals surface area contributed by atoms with Crippen molar-refractivity contribution in [3.05, 3.63) is 118 Å². The summed E-state index contributed by atoms with van der Waals surface area (Å²) in [6.45, 7) is 5.37. The molecule has 1 aliphatic carbocycles. The zero-order valence-electron chi connectivity index (χ0n) is 20.5. The topological polar surface area (TPSA) is 43.2 Å². The van der Waals surface area contributed by atoms with Gasteiger partial charge in [0.1, 0.15) is 11.4 Å². The van der Waals surface area contributed by atoms with Gasteiger partial charge < -0.3 is 33.5 Å². The fourth-order valence-electron chi connectivity index (χ4n) is 4.56. The summed E-state index contributed by atoms with van der Waals surface area (Å²) in [4.78, 5) is 10.0. The van der Waals surface area contributed by atoms with Crippen LogP contribution in [-0.4, -0.2) is 19.1 Å². The quantitative estimate of drug-likeness (QED) is 0.314. The van der Waals surface area contributed by atoms with Gasteiger partial charge in [-0.25, -0.2) is 9.98 Å². The van der Waals surface area contributed by atoms with E-state index in [1.165, 1.54) is 11.5 Å². The van der Waals surface area contributed by atoms with Crippen molar-refractivity contribution in [2.45, 2.75) is 20.1 Å². The molecule has 1 saturated heterocycles. The maximum Gasteiger partial charge on any atom is 0.184 e. The number of aryl methyl sites for hydroxylation is 1. The second kappa shape index (κ2) is 12.0. The Morgan fingerprint density at radius 2 is 1.51 bits per heavy atom. The Balaban J connectivity index is 0.00000160. The Labute approximate surface area is 247 Å². The molecule has 6 rings (SSSR count). The van der Waals surface area contributed by atoms with E-state index in [0.717, 1.165) is 44.1 Å². The number of fused-ring (bicyclic) bond motifs is 1. The molecule has 3 aliphatic rings. The molecule has 0 atom stereocenters. The van der Waals surface area contributed by atoms with Crippen LogP contribution >= 0.6 is 0 Å². The molecule has 3 aromatic rings. The van der Waals surface area contributed by atoms with Gasteiger partial charge in [-0.15, -0.1) is 0 Å². The third-order valence-corrected chi connectivity index (χ3v) is 6.47. The summed E-state index contributed by atoms with van der Waals surface area (Å²) >= 11 is 0. The zero-order valence-corrected chi connectivity index (χ0v) is 24.2. The van der Waals surface area contributed by atoms with Crippen molar-refractivity contribution in [3.63, 3.8) is 0 Å². The second-order valence-corrected chi connectivity index (χ2v) is 8.93. The van der Waals surface area contributed by atoms with Crippen LogP contribution in [0.5, 0.6) is 0 Å². The van der Waals surface area contributed by atoms with Crippen LogP contribution in [0.2, 0.25) is 0 Å². The average Bonchev–Trinajstić information content (AvgIpc) is 3.44. The van der Waals surface area contributed by atoms with Crippen molar-refractivity contribution in [2.24, 2.45) is 9.98 Å². The van der Waals surface area contributed by atoms with Gasteiger partial charge in [-0.05, 0) is 18.1 Å². The third-order valence-electron chi connectivity index (χ3n) is 6.47. The van der Waals surface area contributed by atoms with E-state index >= 15 is 0 Å². The van der Waals surface area contributed by atoms with Crippen LogP contribution in [0.25, 0.3) is 22.4 Å². The molecular weight excluding hydrogens is 666 g/mol. The van der Waals surface area contributed by atoms with Gasteiger partial charge in [-0.2, -0.15) is 0 Å². The number of hydrogen-bond donors (Lipinski definition) is 0. The minimum Gasteiger partial charge on any atom is -1.00 e. The van der Waals surface area contributed by atoms with Gasteiger partial charge in [0, 0.05) is 54.1 Å². The van der Waals surface area contributed by atoms with Crippen LogP contribution < -0.4 is 34.6 Å². The summed E-state index contributed by atoms with van der Waals surface area (Å²) in [5.41, 5.74) is 7.87. The summed E-state index contributed by atoms with van der Waals surface area (Å²) < 4.78 is 11.6. The van der Waals surface area contributed by atoms with E-state index in [2.05, 4.69) is 80.4 Å². The van der Waals surface area contributed by atoms with E-state index in [9.17, 15) is 0 Å². The minimum absolute atomic E-state index is 0. The molecule has 0 bridgehead atoms. The van der Waals surface area contributed by atoms with Crippen LogP contribution in [0.1, 0.15) is 29.9 Å². The van der Waals surface area contributed by atoms with Gasteiger partial charge in [-0.1, -0.05) is 97.5 Å². The van der Waals surface area contributed by atoms with Crippen LogP contribution in [0, 0.1) is 12.8 Å². The normalized spacial score (nSPS) is 16.5. The fourth-order valence-corrected chi connectivity index (χ4v) is 4.56. The SMILES string of the molecule is C[C]1C=CC(=c2ccc(-c3ccc(C)cc3)c3c2=NC(c2ccccc2C2OCCO2)=C=N3)C=C1.[I-].[Pd].